The molecule has 0 aromatic carbocycles. The molecule has 0 bridgehead atoms. The first-order valence-electron chi connectivity index (χ1n) is 8.69. The summed E-state index contributed by atoms with van der Waals surface area (Å²) in [7, 11) is 0. The van der Waals surface area contributed by atoms with E-state index in [2.05, 4.69) is 12.7 Å². The van der Waals surface area contributed by atoms with Crippen molar-refractivity contribution >= 4 is 11.9 Å². The van der Waals surface area contributed by atoms with Gasteiger partial charge in [0.15, 0.2) is 0 Å². The van der Waals surface area contributed by atoms with Gasteiger partial charge in [0.05, 0.1) is 13.2 Å². The van der Waals surface area contributed by atoms with Crippen LogP contribution >= 0.6 is 0 Å². The average Bonchev–Trinajstić information content (AvgIpc) is 2.85. The van der Waals surface area contributed by atoms with E-state index in [4.69, 9.17) is 9.47 Å². The van der Waals surface area contributed by atoms with Crippen LogP contribution in [0.3, 0.4) is 0 Å². The Labute approximate surface area is 143 Å². The molecule has 2 saturated heterocycles. The van der Waals surface area contributed by atoms with Crippen molar-refractivity contribution in [2.24, 2.45) is 5.92 Å². The van der Waals surface area contributed by atoms with Crippen molar-refractivity contribution in [1.82, 2.24) is 4.90 Å². The number of hydrogen-bond donors (Lipinski definition) is 0. The fraction of sp³-hybridized carbons (Fsp3) is 0.579. The van der Waals surface area contributed by atoms with Crippen LogP contribution in [0.2, 0.25) is 0 Å². The maximum absolute atomic E-state index is 12.8. The molecule has 0 aromatic heterocycles. The maximum Gasteiger partial charge on any atom is 0.334 e. The number of carbonyl (C=O) groups is 2. The normalized spacial score (nSPS) is 33.0. The molecule has 2 fully saturated rings. The summed E-state index contributed by atoms with van der Waals surface area (Å²) in [5.74, 6) is -0.238. The first-order valence-corrected chi connectivity index (χ1v) is 8.69. The minimum atomic E-state index is -0.307. The highest BCUT2D eigenvalue weighted by molar-refractivity contribution is 5.94. The van der Waals surface area contributed by atoms with Gasteiger partial charge < -0.3 is 14.4 Å². The maximum atomic E-state index is 12.8. The second kappa shape index (κ2) is 7.34. The van der Waals surface area contributed by atoms with Gasteiger partial charge in [-0.2, -0.15) is 0 Å². The summed E-state index contributed by atoms with van der Waals surface area (Å²) in [4.78, 5) is 26.5. The summed E-state index contributed by atoms with van der Waals surface area (Å²) in [6, 6.07) is 0. The number of esters is 1. The summed E-state index contributed by atoms with van der Waals surface area (Å²) >= 11 is 0. The summed E-state index contributed by atoms with van der Waals surface area (Å²) < 4.78 is 10.8. The zero-order valence-corrected chi connectivity index (χ0v) is 14.3. The molecule has 2 aliphatic heterocycles. The lowest BCUT2D eigenvalue weighted by Crippen LogP contribution is -2.41. The molecule has 0 N–H and O–H groups in total. The second-order valence-corrected chi connectivity index (χ2v) is 6.73. The molecule has 1 amide bonds. The van der Waals surface area contributed by atoms with Crippen LogP contribution in [0.25, 0.3) is 0 Å². The number of nitrogens with zero attached hydrogens (tertiary/aromatic N) is 1. The number of ether oxygens (including phenoxy) is 2. The van der Waals surface area contributed by atoms with Crippen LogP contribution in [-0.4, -0.2) is 49.2 Å². The van der Waals surface area contributed by atoms with Crippen LogP contribution in [0.5, 0.6) is 0 Å². The number of morpholine rings is 1. The summed E-state index contributed by atoms with van der Waals surface area (Å²) in [6.07, 6.45) is 6.94. The van der Waals surface area contributed by atoms with Gasteiger partial charge in [-0.25, -0.2) is 4.79 Å². The molecule has 0 radical (unpaired) electrons. The predicted molar refractivity (Wildman–Crippen MR) is 90.2 cm³/mol. The molecule has 2 heterocycles. The quantitative estimate of drug-likeness (QED) is 0.421. The van der Waals surface area contributed by atoms with Crippen molar-refractivity contribution in [2.45, 2.75) is 38.7 Å². The van der Waals surface area contributed by atoms with E-state index in [1.165, 1.54) is 5.57 Å². The van der Waals surface area contributed by atoms with E-state index >= 15 is 0 Å². The Balaban J connectivity index is 1.77. The Morgan fingerprint density at radius 2 is 2.04 bits per heavy atom. The Morgan fingerprint density at radius 1 is 1.29 bits per heavy atom. The summed E-state index contributed by atoms with van der Waals surface area (Å²) in [5.41, 5.74) is 2.56. The van der Waals surface area contributed by atoms with Gasteiger partial charge in [0.25, 0.3) is 0 Å². The molecule has 0 saturated carbocycles. The van der Waals surface area contributed by atoms with Gasteiger partial charge in [-0.05, 0) is 38.7 Å². The number of amides is 1. The predicted octanol–water partition coefficient (Wildman–Crippen LogP) is 2.39. The van der Waals surface area contributed by atoms with Gasteiger partial charge in [0.2, 0.25) is 5.91 Å². The molecular weight excluding hydrogens is 306 g/mol. The number of allylic oxidation sites excluding steroid dienone is 2. The lowest BCUT2D eigenvalue weighted by molar-refractivity contribution is -0.137. The fourth-order valence-electron chi connectivity index (χ4n) is 3.53. The summed E-state index contributed by atoms with van der Waals surface area (Å²) in [5, 5.41) is 0. The van der Waals surface area contributed by atoms with Crippen molar-refractivity contribution in [2.75, 3.05) is 26.3 Å². The highest BCUT2D eigenvalue weighted by atomic mass is 16.6. The molecule has 24 heavy (non-hydrogen) atoms. The minimum Gasteiger partial charge on any atom is -0.454 e. The van der Waals surface area contributed by atoms with Crippen LogP contribution in [-0.2, 0) is 19.1 Å². The van der Waals surface area contributed by atoms with E-state index in [1.54, 1.807) is 0 Å². The SMILES string of the molecule is C=C1C(=O)O[C@@H]2/C=C(\C)CC/C=C(\C(=O)N3CCOCC3)CC[C@H]12. The molecule has 3 aliphatic rings. The Hall–Kier alpha value is -1.88. The molecule has 2 atom stereocenters. The number of fused-ring (bicyclic) bond motifs is 1. The van der Waals surface area contributed by atoms with Crippen LogP contribution < -0.4 is 0 Å². The van der Waals surface area contributed by atoms with Gasteiger partial charge in [-0.3, -0.25) is 4.79 Å². The van der Waals surface area contributed by atoms with Crippen molar-refractivity contribution in [1.29, 1.82) is 0 Å². The standard InChI is InChI=1S/C19H25NO4/c1-13-4-3-5-15(18(21)20-8-10-23-11-9-20)6-7-16-14(2)19(22)24-17(16)12-13/h5,12,16-17H,2-4,6-11H2,1H3/b13-12+,15-5-/t16-,17-/m1/s1. The van der Waals surface area contributed by atoms with Crippen LogP contribution in [0.1, 0.15) is 32.6 Å². The monoisotopic (exact) mass is 331 g/mol. The lowest BCUT2D eigenvalue weighted by Gasteiger charge is -2.28. The van der Waals surface area contributed by atoms with E-state index in [1.807, 2.05) is 17.9 Å². The minimum absolute atomic E-state index is 0.0357. The highest BCUT2D eigenvalue weighted by Crippen LogP contribution is 2.34. The van der Waals surface area contributed by atoms with Crippen LogP contribution in [0.4, 0.5) is 0 Å². The zero-order chi connectivity index (χ0) is 17.1. The third kappa shape index (κ3) is 3.61. The van der Waals surface area contributed by atoms with Crippen molar-refractivity contribution in [3.05, 3.63) is 35.5 Å². The fourth-order valence-corrected chi connectivity index (χ4v) is 3.53. The van der Waals surface area contributed by atoms with E-state index in [0.29, 0.717) is 44.7 Å². The zero-order valence-electron chi connectivity index (χ0n) is 14.3. The Morgan fingerprint density at radius 3 is 2.79 bits per heavy atom. The molecule has 0 aromatic rings. The molecule has 5 heteroatoms. The van der Waals surface area contributed by atoms with E-state index in [0.717, 1.165) is 18.4 Å². The van der Waals surface area contributed by atoms with Crippen LogP contribution in [0.15, 0.2) is 35.5 Å². The molecule has 130 valence electrons. The van der Waals surface area contributed by atoms with Crippen molar-refractivity contribution in [3.63, 3.8) is 0 Å². The van der Waals surface area contributed by atoms with E-state index < -0.39 is 0 Å². The Kier molecular flexibility index (Phi) is 5.19. The third-order valence-corrected chi connectivity index (χ3v) is 5.03. The van der Waals surface area contributed by atoms with E-state index in [9.17, 15) is 9.59 Å². The van der Waals surface area contributed by atoms with Gasteiger partial charge in [0.1, 0.15) is 6.10 Å². The molecular formula is C19H25NO4. The smallest absolute Gasteiger partial charge is 0.334 e. The summed E-state index contributed by atoms with van der Waals surface area (Å²) in [6.45, 7) is 8.44. The van der Waals surface area contributed by atoms with E-state index in [-0.39, 0.29) is 23.9 Å². The lowest BCUT2D eigenvalue weighted by atomic mass is 9.87. The third-order valence-electron chi connectivity index (χ3n) is 5.03. The number of rotatable bonds is 1. The molecule has 0 spiro atoms. The Bertz CT molecular complexity index is 598. The average molecular weight is 331 g/mol. The number of hydrogen-bond acceptors (Lipinski definition) is 4. The van der Waals surface area contributed by atoms with Crippen molar-refractivity contribution in [3.8, 4) is 0 Å². The molecule has 0 unspecified atom stereocenters. The largest absolute Gasteiger partial charge is 0.454 e. The van der Waals surface area contributed by atoms with Gasteiger partial charge >= 0.3 is 5.97 Å². The van der Waals surface area contributed by atoms with Crippen LogP contribution in [0, 0.1) is 5.92 Å². The second-order valence-electron chi connectivity index (χ2n) is 6.73. The van der Waals surface area contributed by atoms with Gasteiger partial charge in [0, 0.05) is 30.2 Å². The van der Waals surface area contributed by atoms with Gasteiger partial charge in [-0.1, -0.05) is 18.2 Å². The first-order chi connectivity index (χ1) is 11.6. The highest BCUT2D eigenvalue weighted by Gasteiger charge is 2.37. The van der Waals surface area contributed by atoms with Gasteiger partial charge in [-0.15, -0.1) is 0 Å². The number of carbonyl (C=O) groups excluding carboxylic acids is 2. The molecule has 5 nitrogen and oxygen atoms in total. The molecule has 3 rings (SSSR count). The molecule has 1 aliphatic carbocycles. The van der Waals surface area contributed by atoms with Crippen molar-refractivity contribution < 1.29 is 19.1 Å². The first kappa shape index (κ1) is 17.0. The topological polar surface area (TPSA) is 55.8 Å².